The summed E-state index contributed by atoms with van der Waals surface area (Å²) >= 11 is 1.78. The van der Waals surface area contributed by atoms with Gasteiger partial charge < -0.3 is 0 Å². The van der Waals surface area contributed by atoms with Crippen molar-refractivity contribution in [3.05, 3.63) is 46.9 Å². The van der Waals surface area contributed by atoms with Crippen LogP contribution < -0.4 is 5.43 Å². The Labute approximate surface area is 132 Å². The first-order chi connectivity index (χ1) is 10.8. The number of nitrogens with zero attached hydrogens (tertiary/aromatic N) is 4. The molecule has 0 saturated carbocycles. The molecule has 0 amide bonds. The minimum Gasteiger partial charge on any atom is -0.264 e. The highest BCUT2D eigenvalue weighted by Gasteiger charge is 2.20. The van der Waals surface area contributed by atoms with Gasteiger partial charge in [-0.25, -0.2) is 9.97 Å². The molecule has 3 heterocycles. The van der Waals surface area contributed by atoms with E-state index in [9.17, 15) is 0 Å². The fourth-order valence-electron chi connectivity index (χ4n) is 2.79. The molecule has 0 aliphatic heterocycles. The van der Waals surface area contributed by atoms with Crippen molar-refractivity contribution in [2.45, 2.75) is 26.2 Å². The Morgan fingerprint density at radius 2 is 2.27 bits per heavy atom. The van der Waals surface area contributed by atoms with E-state index in [-0.39, 0.29) is 0 Å². The third kappa shape index (κ3) is 2.25. The number of aryl methyl sites for hydroxylation is 2. The lowest BCUT2D eigenvalue weighted by atomic mass is 10.2. The standard InChI is InChI=1S/C16H15N5S/c1-10(11-4-3-7-17-8-11)20-21-15-14-12-5-2-6-13(12)22-16(14)19-9-18-15/h3-4,7-9H,2,5-6H2,1H3,(H,18,19,21)/b20-10-. The maximum absolute atomic E-state index is 4.46. The summed E-state index contributed by atoms with van der Waals surface area (Å²) in [5.74, 6) is 0.799. The summed E-state index contributed by atoms with van der Waals surface area (Å²) in [6, 6.07) is 3.90. The Morgan fingerprint density at radius 1 is 1.32 bits per heavy atom. The summed E-state index contributed by atoms with van der Waals surface area (Å²) in [4.78, 5) is 15.4. The maximum atomic E-state index is 4.46. The number of fused-ring (bicyclic) bond motifs is 3. The van der Waals surface area contributed by atoms with E-state index in [1.54, 1.807) is 30.1 Å². The van der Waals surface area contributed by atoms with Crippen LogP contribution in [0, 0.1) is 0 Å². The molecular weight excluding hydrogens is 294 g/mol. The molecule has 0 saturated heterocycles. The minimum atomic E-state index is 0.799. The van der Waals surface area contributed by atoms with E-state index in [2.05, 4.69) is 25.5 Å². The number of nitrogens with one attached hydrogen (secondary N) is 1. The van der Waals surface area contributed by atoms with Gasteiger partial charge in [0.2, 0.25) is 0 Å². The highest BCUT2D eigenvalue weighted by atomic mass is 32.1. The largest absolute Gasteiger partial charge is 0.264 e. The van der Waals surface area contributed by atoms with Crippen LogP contribution in [0.2, 0.25) is 0 Å². The van der Waals surface area contributed by atoms with E-state index in [1.807, 2.05) is 19.1 Å². The smallest absolute Gasteiger partial charge is 0.158 e. The summed E-state index contributed by atoms with van der Waals surface area (Å²) in [6.45, 7) is 1.96. The van der Waals surface area contributed by atoms with Crippen molar-refractivity contribution in [2.24, 2.45) is 5.10 Å². The van der Waals surface area contributed by atoms with Crippen LogP contribution in [0.15, 0.2) is 36.0 Å². The lowest BCUT2D eigenvalue weighted by Crippen LogP contribution is -2.02. The Kier molecular flexibility index (Phi) is 3.31. The summed E-state index contributed by atoms with van der Waals surface area (Å²) in [6.07, 6.45) is 8.66. The van der Waals surface area contributed by atoms with Crippen molar-refractivity contribution in [1.29, 1.82) is 0 Å². The van der Waals surface area contributed by atoms with E-state index in [0.29, 0.717) is 0 Å². The zero-order chi connectivity index (χ0) is 14.9. The average Bonchev–Trinajstić information content (AvgIpc) is 3.14. The molecule has 3 aromatic rings. The molecule has 0 fully saturated rings. The summed E-state index contributed by atoms with van der Waals surface area (Å²) in [5, 5.41) is 5.60. The zero-order valence-corrected chi connectivity index (χ0v) is 13.0. The van der Waals surface area contributed by atoms with Gasteiger partial charge in [-0.3, -0.25) is 10.4 Å². The van der Waals surface area contributed by atoms with Crippen molar-refractivity contribution >= 4 is 33.1 Å². The number of hydrazone groups is 1. The molecule has 110 valence electrons. The van der Waals surface area contributed by atoms with Crippen LogP contribution in [0.5, 0.6) is 0 Å². The highest BCUT2D eigenvalue weighted by molar-refractivity contribution is 7.19. The van der Waals surface area contributed by atoms with Crippen molar-refractivity contribution in [3.63, 3.8) is 0 Å². The first-order valence-electron chi connectivity index (χ1n) is 7.29. The molecule has 1 aliphatic carbocycles. The number of rotatable bonds is 3. The molecule has 22 heavy (non-hydrogen) atoms. The molecule has 6 heteroatoms. The molecule has 0 atom stereocenters. The minimum absolute atomic E-state index is 0.799. The van der Waals surface area contributed by atoms with Crippen molar-refractivity contribution in [2.75, 3.05) is 5.43 Å². The number of thiophene rings is 1. The van der Waals surface area contributed by atoms with Gasteiger partial charge >= 0.3 is 0 Å². The lowest BCUT2D eigenvalue weighted by Gasteiger charge is -2.05. The topological polar surface area (TPSA) is 63.1 Å². The maximum Gasteiger partial charge on any atom is 0.158 e. The van der Waals surface area contributed by atoms with E-state index >= 15 is 0 Å². The van der Waals surface area contributed by atoms with Gasteiger partial charge in [0.25, 0.3) is 0 Å². The summed E-state index contributed by atoms with van der Waals surface area (Å²) in [7, 11) is 0. The number of hydrogen-bond donors (Lipinski definition) is 1. The first-order valence-corrected chi connectivity index (χ1v) is 8.10. The summed E-state index contributed by atoms with van der Waals surface area (Å²) < 4.78 is 0. The quantitative estimate of drug-likeness (QED) is 0.595. The van der Waals surface area contributed by atoms with Crippen LogP contribution in [0.4, 0.5) is 5.82 Å². The van der Waals surface area contributed by atoms with Gasteiger partial charge in [-0.2, -0.15) is 5.10 Å². The van der Waals surface area contributed by atoms with Gasteiger partial charge in [-0.05, 0) is 37.8 Å². The molecule has 1 N–H and O–H groups in total. The van der Waals surface area contributed by atoms with E-state index < -0.39 is 0 Å². The normalized spacial score (nSPS) is 14.3. The van der Waals surface area contributed by atoms with Gasteiger partial charge in [-0.1, -0.05) is 6.07 Å². The third-order valence-electron chi connectivity index (χ3n) is 3.91. The Bertz CT molecular complexity index is 854. The number of aromatic nitrogens is 3. The number of anilines is 1. The Balaban J connectivity index is 1.70. The number of pyridine rings is 1. The highest BCUT2D eigenvalue weighted by Crippen LogP contribution is 2.38. The van der Waals surface area contributed by atoms with Crippen LogP contribution in [-0.2, 0) is 12.8 Å². The summed E-state index contributed by atoms with van der Waals surface area (Å²) in [5.41, 5.74) is 6.40. The third-order valence-corrected chi connectivity index (χ3v) is 5.11. The van der Waals surface area contributed by atoms with Crippen LogP contribution in [0.3, 0.4) is 0 Å². The SMILES string of the molecule is C/C(=N/Nc1ncnc2sc3c(c12)CCC3)c1cccnc1. The van der Waals surface area contributed by atoms with Crippen LogP contribution in [0.1, 0.15) is 29.3 Å². The van der Waals surface area contributed by atoms with Crippen molar-refractivity contribution in [3.8, 4) is 0 Å². The molecular formula is C16H15N5S. The zero-order valence-electron chi connectivity index (χ0n) is 12.2. The second-order valence-corrected chi connectivity index (χ2v) is 6.39. The monoisotopic (exact) mass is 309 g/mol. The van der Waals surface area contributed by atoms with Gasteiger partial charge in [0.05, 0.1) is 11.1 Å². The van der Waals surface area contributed by atoms with E-state index in [4.69, 9.17) is 0 Å². The first kappa shape index (κ1) is 13.3. The molecule has 0 spiro atoms. The Hall–Kier alpha value is -2.34. The van der Waals surface area contributed by atoms with Crippen LogP contribution >= 0.6 is 11.3 Å². The Morgan fingerprint density at radius 3 is 3.14 bits per heavy atom. The average molecular weight is 309 g/mol. The van der Waals surface area contributed by atoms with Crippen molar-refractivity contribution in [1.82, 2.24) is 15.0 Å². The van der Waals surface area contributed by atoms with E-state index in [1.165, 1.54) is 16.9 Å². The molecule has 0 radical (unpaired) electrons. The molecule has 3 aromatic heterocycles. The molecule has 0 unspecified atom stereocenters. The molecule has 0 bridgehead atoms. The van der Waals surface area contributed by atoms with E-state index in [0.717, 1.165) is 40.2 Å². The fraction of sp³-hybridized carbons (Fsp3) is 0.250. The van der Waals surface area contributed by atoms with Gasteiger partial charge in [0.15, 0.2) is 5.82 Å². The number of hydrogen-bond acceptors (Lipinski definition) is 6. The second kappa shape index (κ2) is 5.46. The molecule has 1 aliphatic rings. The predicted octanol–water partition coefficient (Wildman–Crippen LogP) is 3.41. The van der Waals surface area contributed by atoms with Crippen LogP contribution in [-0.4, -0.2) is 20.7 Å². The second-order valence-electron chi connectivity index (χ2n) is 5.31. The fourth-order valence-corrected chi connectivity index (χ4v) is 4.02. The van der Waals surface area contributed by atoms with Crippen molar-refractivity contribution < 1.29 is 0 Å². The van der Waals surface area contributed by atoms with Gasteiger partial charge in [0, 0.05) is 22.8 Å². The molecule has 4 rings (SSSR count). The van der Waals surface area contributed by atoms with Gasteiger partial charge in [-0.15, -0.1) is 11.3 Å². The predicted molar refractivity (Wildman–Crippen MR) is 89.5 cm³/mol. The van der Waals surface area contributed by atoms with Crippen LogP contribution in [0.25, 0.3) is 10.2 Å². The van der Waals surface area contributed by atoms with Gasteiger partial charge in [0.1, 0.15) is 11.2 Å². The lowest BCUT2D eigenvalue weighted by molar-refractivity contribution is 0.917. The molecule has 0 aromatic carbocycles. The molecule has 5 nitrogen and oxygen atoms in total.